The number of rotatable bonds is 4. The molecule has 0 saturated heterocycles. The number of tetrazole rings is 1. The Bertz CT molecular complexity index is 633. The number of anilines is 1. The highest BCUT2D eigenvalue weighted by molar-refractivity contribution is 7.07. The molecule has 3 rings (SSSR count). The Morgan fingerprint density at radius 3 is 3.00 bits per heavy atom. The van der Waals surface area contributed by atoms with Crippen LogP contribution in [0.4, 0.5) is 5.69 Å². The van der Waals surface area contributed by atoms with Crippen molar-refractivity contribution in [3.8, 4) is 11.4 Å². The van der Waals surface area contributed by atoms with E-state index in [4.69, 9.17) is 0 Å². The lowest BCUT2D eigenvalue weighted by atomic mass is 10.1. The molecule has 0 aliphatic heterocycles. The quantitative estimate of drug-likeness (QED) is 0.765. The summed E-state index contributed by atoms with van der Waals surface area (Å²) < 4.78 is 0. The first-order chi connectivity index (χ1) is 9.33. The van der Waals surface area contributed by atoms with E-state index in [-0.39, 0.29) is 6.04 Å². The first-order valence-corrected chi connectivity index (χ1v) is 6.90. The molecule has 1 atom stereocenters. The minimum Gasteiger partial charge on any atom is -0.378 e. The maximum atomic E-state index is 3.98. The van der Waals surface area contributed by atoms with E-state index in [9.17, 15) is 0 Å². The van der Waals surface area contributed by atoms with Gasteiger partial charge in [-0.1, -0.05) is 12.1 Å². The van der Waals surface area contributed by atoms with Gasteiger partial charge in [0.05, 0.1) is 0 Å². The number of thiophene rings is 1. The highest BCUT2D eigenvalue weighted by Crippen LogP contribution is 2.24. The minimum atomic E-state index is 0.270. The van der Waals surface area contributed by atoms with Crippen LogP contribution in [0.2, 0.25) is 0 Å². The Kier molecular flexibility index (Phi) is 3.24. The van der Waals surface area contributed by atoms with E-state index >= 15 is 0 Å². The van der Waals surface area contributed by atoms with Crippen molar-refractivity contribution in [3.05, 3.63) is 46.7 Å². The Labute approximate surface area is 114 Å². The molecule has 0 fully saturated rings. The van der Waals surface area contributed by atoms with Crippen LogP contribution in [-0.4, -0.2) is 20.6 Å². The van der Waals surface area contributed by atoms with Crippen molar-refractivity contribution in [2.24, 2.45) is 0 Å². The molecule has 0 bridgehead atoms. The number of nitrogens with one attached hydrogen (secondary N) is 2. The molecule has 96 valence electrons. The molecular formula is C13H13N5S. The third-order valence-corrected chi connectivity index (χ3v) is 3.59. The summed E-state index contributed by atoms with van der Waals surface area (Å²) in [5, 5.41) is 21.7. The summed E-state index contributed by atoms with van der Waals surface area (Å²) >= 11 is 1.71. The van der Waals surface area contributed by atoms with Gasteiger partial charge in [-0.3, -0.25) is 0 Å². The van der Waals surface area contributed by atoms with Gasteiger partial charge in [0.25, 0.3) is 0 Å². The molecule has 1 unspecified atom stereocenters. The molecule has 3 aromatic rings. The molecule has 0 saturated carbocycles. The summed E-state index contributed by atoms with van der Waals surface area (Å²) in [6.07, 6.45) is 0. The van der Waals surface area contributed by atoms with E-state index in [1.54, 1.807) is 11.3 Å². The summed E-state index contributed by atoms with van der Waals surface area (Å²) in [5.41, 5.74) is 3.27. The third kappa shape index (κ3) is 2.63. The lowest BCUT2D eigenvalue weighted by Gasteiger charge is -2.14. The van der Waals surface area contributed by atoms with Crippen LogP contribution >= 0.6 is 11.3 Å². The van der Waals surface area contributed by atoms with Crippen molar-refractivity contribution in [1.82, 2.24) is 20.6 Å². The SMILES string of the molecule is CC(Nc1cccc(-c2nn[nH]n2)c1)c1ccsc1. The molecule has 2 N–H and O–H groups in total. The zero-order valence-electron chi connectivity index (χ0n) is 10.4. The summed E-state index contributed by atoms with van der Waals surface area (Å²) in [6, 6.07) is 10.4. The molecule has 1 aromatic carbocycles. The number of hydrogen-bond donors (Lipinski definition) is 2. The Hall–Kier alpha value is -2.21. The van der Waals surface area contributed by atoms with Gasteiger partial charge in [0.2, 0.25) is 5.82 Å². The monoisotopic (exact) mass is 271 g/mol. The van der Waals surface area contributed by atoms with Gasteiger partial charge in [-0.15, -0.1) is 10.2 Å². The first kappa shape index (κ1) is 11.9. The highest BCUT2D eigenvalue weighted by atomic mass is 32.1. The smallest absolute Gasteiger partial charge is 0.204 e. The van der Waals surface area contributed by atoms with Gasteiger partial charge in [-0.2, -0.15) is 16.6 Å². The zero-order chi connectivity index (χ0) is 13.1. The highest BCUT2D eigenvalue weighted by Gasteiger charge is 2.07. The van der Waals surface area contributed by atoms with Crippen LogP contribution in [-0.2, 0) is 0 Å². The van der Waals surface area contributed by atoms with Gasteiger partial charge in [-0.25, -0.2) is 0 Å². The number of aromatic nitrogens is 4. The largest absolute Gasteiger partial charge is 0.378 e. The second-order valence-electron chi connectivity index (χ2n) is 4.24. The average Bonchev–Trinajstić information content (AvgIpc) is 3.13. The van der Waals surface area contributed by atoms with Crippen LogP contribution in [0, 0.1) is 0 Å². The molecule has 5 nitrogen and oxygen atoms in total. The van der Waals surface area contributed by atoms with Crippen LogP contribution in [0.3, 0.4) is 0 Å². The molecule has 2 heterocycles. The maximum Gasteiger partial charge on any atom is 0.204 e. The Morgan fingerprint density at radius 2 is 2.26 bits per heavy atom. The number of aromatic amines is 1. The van der Waals surface area contributed by atoms with Crippen LogP contribution in [0.15, 0.2) is 41.1 Å². The molecule has 0 amide bonds. The number of nitrogens with zero attached hydrogens (tertiary/aromatic N) is 3. The summed E-state index contributed by atoms with van der Waals surface area (Å²) in [6.45, 7) is 2.14. The van der Waals surface area contributed by atoms with Gasteiger partial charge in [0, 0.05) is 17.3 Å². The molecule has 19 heavy (non-hydrogen) atoms. The van der Waals surface area contributed by atoms with Crippen molar-refractivity contribution in [1.29, 1.82) is 0 Å². The van der Waals surface area contributed by atoms with E-state index in [0.717, 1.165) is 11.3 Å². The fraction of sp³-hybridized carbons (Fsp3) is 0.154. The lowest BCUT2D eigenvalue weighted by Crippen LogP contribution is -2.05. The molecular weight excluding hydrogens is 258 g/mol. The maximum absolute atomic E-state index is 3.98. The van der Waals surface area contributed by atoms with E-state index in [1.807, 2.05) is 24.3 Å². The van der Waals surface area contributed by atoms with Crippen molar-refractivity contribution in [2.45, 2.75) is 13.0 Å². The van der Waals surface area contributed by atoms with Crippen LogP contribution in [0.25, 0.3) is 11.4 Å². The van der Waals surface area contributed by atoms with E-state index in [2.05, 4.69) is 49.7 Å². The van der Waals surface area contributed by atoms with E-state index < -0.39 is 0 Å². The predicted octanol–water partition coefficient (Wildman–Crippen LogP) is 3.10. The van der Waals surface area contributed by atoms with Crippen LogP contribution < -0.4 is 5.32 Å². The van der Waals surface area contributed by atoms with Gasteiger partial charge in [-0.05, 0) is 46.7 Å². The third-order valence-electron chi connectivity index (χ3n) is 2.89. The number of hydrogen-bond acceptors (Lipinski definition) is 5. The summed E-state index contributed by atoms with van der Waals surface area (Å²) in [4.78, 5) is 0. The molecule has 2 aromatic heterocycles. The van der Waals surface area contributed by atoms with Crippen molar-refractivity contribution in [3.63, 3.8) is 0 Å². The second-order valence-corrected chi connectivity index (χ2v) is 5.02. The van der Waals surface area contributed by atoms with Crippen LogP contribution in [0.5, 0.6) is 0 Å². The molecule has 0 radical (unpaired) electrons. The topological polar surface area (TPSA) is 66.5 Å². The van der Waals surface area contributed by atoms with Crippen molar-refractivity contribution in [2.75, 3.05) is 5.32 Å². The van der Waals surface area contributed by atoms with Gasteiger partial charge in [0.15, 0.2) is 0 Å². The van der Waals surface area contributed by atoms with Crippen molar-refractivity contribution >= 4 is 17.0 Å². The second kappa shape index (κ2) is 5.19. The Balaban J connectivity index is 1.80. The fourth-order valence-corrected chi connectivity index (χ4v) is 2.64. The predicted molar refractivity (Wildman–Crippen MR) is 76.0 cm³/mol. The van der Waals surface area contributed by atoms with Crippen molar-refractivity contribution < 1.29 is 0 Å². The number of benzene rings is 1. The summed E-state index contributed by atoms with van der Waals surface area (Å²) in [5.74, 6) is 0.604. The minimum absolute atomic E-state index is 0.270. The fourth-order valence-electron chi connectivity index (χ4n) is 1.89. The molecule has 0 spiro atoms. The van der Waals surface area contributed by atoms with Crippen LogP contribution in [0.1, 0.15) is 18.5 Å². The standard InChI is InChI=1S/C13H13N5S/c1-9(11-5-6-19-8-11)14-12-4-2-3-10(7-12)13-15-17-18-16-13/h2-9,14H,1H3,(H,15,16,17,18). The average molecular weight is 271 g/mol. The summed E-state index contributed by atoms with van der Waals surface area (Å²) in [7, 11) is 0. The first-order valence-electron chi connectivity index (χ1n) is 5.95. The molecule has 6 heteroatoms. The van der Waals surface area contributed by atoms with Gasteiger partial charge < -0.3 is 5.32 Å². The number of H-pyrrole nitrogens is 1. The zero-order valence-corrected chi connectivity index (χ0v) is 11.2. The van der Waals surface area contributed by atoms with Gasteiger partial charge in [0.1, 0.15) is 0 Å². The van der Waals surface area contributed by atoms with Gasteiger partial charge >= 0.3 is 0 Å². The Morgan fingerprint density at radius 1 is 1.32 bits per heavy atom. The molecule has 0 aliphatic carbocycles. The molecule has 0 aliphatic rings. The lowest BCUT2D eigenvalue weighted by molar-refractivity contribution is 0.881. The van der Waals surface area contributed by atoms with E-state index in [1.165, 1.54) is 5.56 Å². The normalized spacial score (nSPS) is 12.3. The van der Waals surface area contributed by atoms with E-state index in [0.29, 0.717) is 5.82 Å².